The molecule has 0 saturated carbocycles. The zero-order chi connectivity index (χ0) is 13.1. The molecule has 0 saturated heterocycles. The molecule has 0 aliphatic carbocycles. The van der Waals surface area contributed by atoms with Crippen LogP contribution in [0.25, 0.3) is 0 Å². The molecule has 3 nitrogen and oxygen atoms in total. The summed E-state index contributed by atoms with van der Waals surface area (Å²) < 4.78 is 26.3. The van der Waals surface area contributed by atoms with E-state index < -0.39 is 6.55 Å². The van der Waals surface area contributed by atoms with Gasteiger partial charge in [0.1, 0.15) is 5.82 Å². The Hall–Kier alpha value is -1.27. The summed E-state index contributed by atoms with van der Waals surface area (Å²) in [5, 5.41) is 2.01. The predicted octanol–water partition coefficient (Wildman–Crippen LogP) is 3.53. The van der Waals surface area contributed by atoms with Crippen LogP contribution in [0.15, 0.2) is 29.9 Å². The van der Waals surface area contributed by atoms with E-state index in [9.17, 15) is 8.78 Å². The van der Waals surface area contributed by atoms with Gasteiger partial charge < -0.3 is 0 Å². The smallest absolute Gasteiger partial charge is 0.291 e. The molecule has 0 N–H and O–H groups in total. The predicted molar refractivity (Wildman–Crippen MR) is 67.7 cm³/mol. The lowest BCUT2D eigenvalue weighted by atomic mass is 10.2. The fourth-order valence-electron chi connectivity index (χ4n) is 1.75. The summed E-state index contributed by atoms with van der Waals surface area (Å²) in [6.45, 7) is -0.0781. The maximum absolute atomic E-state index is 12.7. The van der Waals surface area contributed by atoms with Crippen molar-refractivity contribution in [1.29, 1.82) is 0 Å². The molecule has 0 aliphatic heterocycles. The largest absolute Gasteiger partial charge is 0.319 e. The highest BCUT2D eigenvalue weighted by Crippen LogP contribution is 2.25. The Labute approximate surface area is 109 Å². The van der Waals surface area contributed by atoms with Gasteiger partial charge in [0.2, 0.25) is 0 Å². The fraction of sp³-hybridized carbons (Fsp3) is 0.417. The molecule has 2 heterocycles. The number of alkyl halides is 2. The van der Waals surface area contributed by atoms with Gasteiger partial charge in [0.15, 0.2) is 0 Å². The van der Waals surface area contributed by atoms with Gasteiger partial charge in [0.05, 0.1) is 6.54 Å². The van der Waals surface area contributed by atoms with E-state index in [1.165, 1.54) is 17.3 Å². The topological polar surface area (TPSA) is 21.1 Å². The lowest BCUT2D eigenvalue weighted by Crippen LogP contribution is -2.23. The second-order valence-electron chi connectivity index (χ2n) is 4.13. The number of halogens is 2. The van der Waals surface area contributed by atoms with E-state index in [0.717, 1.165) is 4.57 Å². The van der Waals surface area contributed by atoms with Crippen molar-refractivity contribution in [3.05, 3.63) is 40.6 Å². The summed E-state index contributed by atoms with van der Waals surface area (Å²) in [6, 6.07) is 4.23. The second-order valence-corrected chi connectivity index (χ2v) is 5.11. The van der Waals surface area contributed by atoms with Crippen molar-refractivity contribution in [3.8, 4) is 0 Å². The van der Waals surface area contributed by atoms with E-state index >= 15 is 0 Å². The average Bonchev–Trinajstić information content (AvgIpc) is 2.98. The van der Waals surface area contributed by atoms with Crippen LogP contribution >= 0.6 is 11.3 Å². The first kappa shape index (κ1) is 13.2. The maximum atomic E-state index is 12.7. The summed E-state index contributed by atoms with van der Waals surface area (Å²) in [5.74, 6) is 0.385. The van der Waals surface area contributed by atoms with Crippen LogP contribution in [0.3, 0.4) is 0 Å². The van der Waals surface area contributed by atoms with Gasteiger partial charge in [-0.3, -0.25) is 9.47 Å². The molecule has 0 spiro atoms. The van der Waals surface area contributed by atoms with Crippen molar-refractivity contribution in [2.45, 2.75) is 26.1 Å². The first-order valence-corrected chi connectivity index (χ1v) is 6.51. The summed E-state index contributed by atoms with van der Waals surface area (Å²) in [6.07, 6.45) is 2.72. The van der Waals surface area contributed by atoms with E-state index in [1.807, 2.05) is 29.5 Å². The molecule has 0 fully saturated rings. The molecular weight excluding hydrogens is 256 g/mol. The van der Waals surface area contributed by atoms with Crippen molar-refractivity contribution in [3.63, 3.8) is 0 Å². The molecule has 0 radical (unpaired) electrons. The van der Waals surface area contributed by atoms with Gasteiger partial charge in [-0.05, 0) is 25.4 Å². The van der Waals surface area contributed by atoms with Gasteiger partial charge in [0, 0.05) is 23.3 Å². The van der Waals surface area contributed by atoms with Crippen molar-refractivity contribution in [2.75, 3.05) is 7.05 Å². The maximum Gasteiger partial charge on any atom is 0.319 e. The summed E-state index contributed by atoms with van der Waals surface area (Å²) in [4.78, 5) is 7.21. The Kier molecular flexibility index (Phi) is 4.08. The minimum absolute atomic E-state index is 0.188. The molecule has 0 bridgehead atoms. The van der Waals surface area contributed by atoms with Gasteiger partial charge in [-0.15, -0.1) is 11.3 Å². The van der Waals surface area contributed by atoms with Crippen molar-refractivity contribution >= 4 is 11.3 Å². The molecule has 1 unspecified atom stereocenters. The minimum atomic E-state index is -2.53. The molecule has 2 aromatic rings. The quantitative estimate of drug-likeness (QED) is 0.829. The normalized spacial score (nSPS) is 13.4. The van der Waals surface area contributed by atoms with Gasteiger partial charge in [-0.25, -0.2) is 4.98 Å². The molecule has 0 amide bonds. The molecule has 0 aromatic carbocycles. The number of hydrogen-bond donors (Lipinski definition) is 0. The molecular formula is C12H15F2N3S. The molecule has 98 valence electrons. The third-order valence-electron chi connectivity index (χ3n) is 2.97. The zero-order valence-corrected chi connectivity index (χ0v) is 11.1. The lowest BCUT2D eigenvalue weighted by molar-refractivity contribution is 0.0636. The summed E-state index contributed by atoms with van der Waals surface area (Å²) in [5.41, 5.74) is 0. The molecule has 18 heavy (non-hydrogen) atoms. The molecule has 2 rings (SSSR count). The van der Waals surface area contributed by atoms with Crippen LogP contribution in [0, 0.1) is 0 Å². The van der Waals surface area contributed by atoms with E-state index in [-0.39, 0.29) is 6.04 Å². The van der Waals surface area contributed by atoms with E-state index in [1.54, 1.807) is 11.3 Å². The number of hydrogen-bond acceptors (Lipinski definition) is 3. The third kappa shape index (κ3) is 2.76. The van der Waals surface area contributed by atoms with Gasteiger partial charge >= 0.3 is 6.55 Å². The van der Waals surface area contributed by atoms with Crippen molar-refractivity contribution in [2.24, 2.45) is 0 Å². The van der Waals surface area contributed by atoms with Crippen LogP contribution in [0.4, 0.5) is 8.78 Å². The molecule has 0 aliphatic rings. The Morgan fingerprint density at radius 1 is 1.50 bits per heavy atom. The fourth-order valence-corrected chi connectivity index (χ4v) is 2.60. The Bertz CT molecular complexity index is 481. The minimum Gasteiger partial charge on any atom is -0.291 e. The number of imidazole rings is 1. The molecule has 1 atom stereocenters. The van der Waals surface area contributed by atoms with Crippen LogP contribution in [0.1, 0.15) is 30.2 Å². The first-order valence-electron chi connectivity index (χ1n) is 5.63. The molecule has 2 aromatic heterocycles. The van der Waals surface area contributed by atoms with Crippen LogP contribution in [-0.2, 0) is 6.54 Å². The Morgan fingerprint density at radius 2 is 2.28 bits per heavy atom. The number of aromatic nitrogens is 2. The zero-order valence-electron chi connectivity index (χ0n) is 10.3. The Morgan fingerprint density at radius 3 is 2.89 bits per heavy atom. The van der Waals surface area contributed by atoms with Crippen LogP contribution in [-0.4, -0.2) is 21.5 Å². The van der Waals surface area contributed by atoms with Gasteiger partial charge in [-0.2, -0.15) is 8.78 Å². The van der Waals surface area contributed by atoms with Crippen molar-refractivity contribution in [1.82, 2.24) is 14.5 Å². The third-order valence-corrected chi connectivity index (χ3v) is 4.01. The highest BCUT2D eigenvalue weighted by atomic mass is 32.1. The van der Waals surface area contributed by atoms with E-state index in [0.29, 0.717) is 12.4 Å². The highest BCUT2D eigenvalue weighted by Gasteiger charge is 2.17. The highest BCUT2D eigenvalue weighted by molar-refractivity contribution is 7.10. The number of rotatable bonds is 5. The van der Waals surface area contributed by atoms with Crippen LogP contribution < -0.4 is 0 Å². The number of thiophene rings is 1. The standard InChI is InChI=1S/C12H15F2N3S/c1-9(10-4-3-7-18-10)16(2)8-11-15-5-6-17(11)12(13)14/h3-7,9,12H,8H2,1-2H3. The monoisotopic (exact) mass is 271 g/mol. The number of nitrogens with zero attached hydrogens (tertiary/aromatic N) is 3. The summed E-state index contributed by atoms with van der Waals surface area (Å²) >= 11 is 1.67. The second kappa shape index (κ2) is 5.58. The van der Waals surface area contributed by atoms with Crippen LogP contribution in [0.2, 0.25) is 0 Å². The van der Waals surface area contributed by atoms with E-state index in [2.05, 4.69) is 11.9 Å². The molecule has 6 heteroatoms. The first-order chi connectivity index (χ1) is 8.59. The average molecular weight is 271 g/mol. The van der Waals surface area contributed by atoms with E-state index in [4.69, 9.17) is 0 Å². The van der Waals surface area contributed by atoms with Crippen molar-refractivity contribution < 1.29 is 8.78 Å². The lowest BCUT2D eigenvalue weighted by Gasteiger charge is -2.23. The Balaban J connectivity index is 2.07. The SMILES string of the molecule is CC(c1cccs1)N(C)Cc1nccn1C(F)F. The van der Waals surface area contributed by atoms with Crippen LogP contribution in [0.5, 0.6) is 0 Å². The summed E-state index contributed by atoms with van der Waals surface area (Å²) in [7, 11) is 1.91. The van der Waals surface area contributed by atoms with Gasteiger partial charge in [-0.1, -0.05) is 6.07 Å². The van der Waals surface area contributed by atoms with Gasteiger partial charge in [0.25, 0.3) is 0 Å².